The molecular weight excluding hydrogens is 271 g/mol. The maximum absolute atomic E-state index is 13.2. The molecule has 21 heavy (non-hydrogen) atoms. The van der Waals surface area contributed by atoms with Crippen molar-refractivity contribution < 1.29 is 13.9 Å². The highest BCUT2D eigenvalue weighted by Gasteiger charge is 2.10. The van der Waals surface area contributed by atoms with Gasteiger partial charge in [-0.1, -0.05) is 6.07 Å². The van der Waals surface area contributed by atoms with E-state index < -0.39 is 5.82 Å². The van der Waals surface area contributed by atoms with E-state index in [4.69, 9.17) is 10.00 Å². The predicted octanol–water partition coefficient (Wildman–Crippen LogP) is 3.29. The maximum atomic E-state index is 13.2. The molecule has 0 saturated carbocycles. The van der Waals surface area contributed by atoms with Crippen molar-refractivity contribution in [3.63, 3.8) is 0 Å². The largest absolute Gasteiger partial charge is 0.479 e. The van der Waals surface area contributed by atoms with Crippen molar-refractivity contribution in [2.75, 3.05) is 11.9 Å². The first kappa shape index (κ1) is 14.5. The van der Waals surface area contributed by atoms with Crippen LogP contribution in [0.1, 0.15) is 15.9 Å². The summed E-state index contributed by atoms with van der Waals surface area (Å²) in [4.78, 5) is 12.1. The van der Waals surface area contributed by atoms with E-state index in [0.29, 0.717) is 22.6 Å². The number of rotatable bonds is 4. The maximum Gasteiger partial charge on any atom is 0.256 e. The molecule has 0 atom stereocenters. The van der Waals surface area contributed by atoms with Gasteiger partial charge in [-0.15, -0.1) is 0 Å². The Balaban J connectivity index is 2.09. The van der Waals surface area contributed by atoms with Crippen LogP contribution in [-0.2, 0) is 0 Å². The highest BCUT2D eigenvalue weighted by molar-refractivity contribution is 6.05. The minimum atomic E-state index is -0.453. The zero-order chi connectivity index (χ0) is 15.2. The SMILES string of the molecule is Cc1ccc(F)cc1C(=O)Nc1ccc(OCC#N)cc1. The van der Waals surface area contributed by atoms with Gasteiger partial charge in [0.25, 0.3) is 5.91 Å². The molecule has 4 nitrogen and oxygen atoms in total. The molecular formula is C16H13FN2O2. The fourth-order valence-electron chi connectivity index (χ4n) is 1.79. The van der Waals surface area contributed by atoms with Crippen molar-refractivity contribution in [2.24, 2.45) is 0 Å². The third kappa shape index (κ3) is 3.80. The molecule has 0 radical (unpaired) electrons. The molecule has 0 heterocycles. The van der Waals surface area contributed by atoms with Crippen molar-refractivity contribution in [2.45, 2.75) is 6.92 Å². The lowest BCUT2D eigenvalue weighted by Gasteiger charge is -2.08. The van der Waals surface area contributed by atoms with Gasteiger partial charge in [0.05, 0.1) is 0 Å². The Morgan fingerprint density at radius 3 is 2.67 bits per heavy atom. The summed E-state index contributed by atoms with van der Waals surface area (Å²) in [6, 6.07) is 12.5. The number of carbonyl (C=O) groups is 1. The summed E-state index contributed by atoms with van der Waals surface area (Å²) in [5, 5.41) is 11.1. The molecule has 0 fully saturated rings. The van der Waals surface area contributed by atoms with Crippen LogP contribution in [0.2, 0.25) is 0 Å². The summed E-state index contributed by atoms with van der Waals surface area (Å²) in [6.45, 7) is 1.71. The number of aryl methyl sites for hydroxylation is 1. The van der Waals surface area contributed by atoms with Crippen LogP contribution in [0, 0.1) is 24.1 Å². The summed E-state index contributed by atoms with van der Waals surface area (Å²) in [7, 11) is 0. The average molecular weight is 284 g/mol. The van der Waals surface area contributed by atoms with Gasteiger partial charge in [0.2, 0.25) is 0 Å². The molecule has 0 bridgehead atoms. The second kappa shape index (κ2) is 6.53. The second-order valence-electron chi connectivity index (χ2n) is 4.38. The number of halogens is 1. The van der Waals surface area contributed by atoms with Crippen LogP contribution in [0.5, 0.6) is 5.75 Å². The van der Waals surface area contributed by atoms with Gasteiger partial charge in [0.15, 0.2) is 6.61 Å². The average Bonchev–Trinajstić information content (AvgIpc) is 2.49. The Labute approximate surface area is 121 Å². The summed E-state index contributed by atoms with van der Waals surface area (Å²) < 4.78 is 18.3. The predicted molar refractivity (Wildman–Crippen MR) is 76.6 cm³/mol. The number of benzene rings is 2. The van der Waals surface area contributed by atoms with E-state index in [0.717, 1.165) is 0 Å². The van der Waals surface area contributed by atoms with Crippen molar-refractivity contribution in [1.82, 2.24) is 0 Å². The van der Waals surface area contributed by atoms with Crippen LogP contribution in [0.25, 0.3) is 0 Å². The quantitative estimate of drug-likeness (QED) is 0.937. The van der Waals surface area contributed by atoms with Gasteiger partial charge in [0, 0.05) is 11.3 Å². The van der Waals surface area contributed by atoms with E-state index in [-0.39, 0.29) is 12.5 Å². The Morgan fingerprint density at radius 1 is 1.29 bits per heavy atom. The number of hydrogen-bond donors (Lipinski definition) is 1. The fraction of sp³-hybridized carbons (Fsp3) is 0.125. The van der Waals surface area contributed by atoms with Gasteiger partial charge in [-0.3, -0.25) is 4.79 Å². The van der Waals surface area contributed by atoms with Gasteiger partial charge >= 0.3 is 0 Å². The number of carbonyl (C=O) groups excluding carboxylic acids is 1. The van der Waals surface area contributed by atoms with Gasteiger partial charge in [-0.25, -0.2) is 4.39 Å². The molecule has 0 aliphatic heterocycles. The Bertz CT molecular complexity index is 690. The van der Waals surface area contributed by atoms with E-state index in [1.54, 1.807) is 37.3 Å². The van der Waals surface area contributed by atoms with Crippen molar-refractivity contribution in [3.8, 4) is 11.8 Å². The number of hydrogen-bond acceptors (Lipinski definition) is 3. The molecule has 5 heteroatoms. The molecule has 0 aliphatic rings. The third-order valence-electron chi connectivity index (χ3n) is 2.86. The van der Waals surface area contributed by atoms with Gasteiger partial charge in [0.1, 0.15) is 17.6 Å². The molecule has 0 unspecified atom stereocenters. The number of amides is 1. The monoisotopic (exact) mass is 284 g/mol. The summed E-state index contributed by atoms with van der Waals surface area (Å²) in [5.74, 6) is -0.292. The smallest absolute Gasteiger partial charge is 0.256 e. The molecule has 0 saturated heterocycles. The topological polar surface area (TPSA) is 62.1 Å². The van der Waals surface area contributed by atoms with Crippen molar-refractivity contribution in [3.05, 3.63) is 59.4 Å². The molecule has 106 valence electrons. The zero-order valence-corrected chi connectivity index (χ0v) is 11.4. The number of nitrogens with zero attached hydrogens (tertiary/aromatic N) is 1. The first-order valence-electron chi connectivity index (χ1n) is 6.27. The van der Waals surface area contributed by atoms with Crippen molar-refractivity contribution in [1.29, 1.82) is 5.26 Å². The lowest BCUT2D eigenvalue weighted by molar-refractivity contribution is 0.102. The summed E-state index contributed by atoms with van der Waals surface area (Å²) in [6.07, 6.45) is 0. The van der Waals surface area contributed by atoms with E-state index in [1.807, 2.05) is 6.07 Å². The summed E-state index contributed by atoms with van der Waals surface area (Å²) >= 11 is 0. The van der Waals surface area contributed by atoms with Crippen LogP contribution in [0.3, 0.4) is 0 Å². The number of ether oxygens (including phenoxy) is 1. The van der Waals surface area contributed by atoms with E-state index in [1.165, 1.54) is 12.1 Å². The van der Waals surface area contributed by atoms with Gasteiger partial charge in [-0.2, -0.15) is 5.26 Å². The fourth-order valence-corrected chi connectivity index (χ4v) is 1.79. The highest BCUT2D eigenvalue weighted by atomic mass is 19.1. The Hall–Kier alpha value is -2.87. The molecule has 2 aromatic carbocycles. The molecule has 0 aromatic heterocycles. The summed E-state index contributed by atoms with van der Waals surface area (Å²) in [5.41, 5.74) is 1.55. The van der Waals surface area contributed by atoms with Crippen LogP contribution in [0.15, 0.2) is 42.5 Å². The van der Waals surface area contributed by atoms with Gasteiger partial charge < -0.3 is 10.1 Å². The number of nitrogens with one attached hydrogen (secondary N) is 1. The lowest BCUT2D eigenvalue weighted by atomic mass is 10.1. The van der Waals surface area contributed by atoms with Gasteiger partial charge in [-0.05, 0) is 48.9 Å². The number of nitriles is 1. The minimum Gasteiger partial charge on any atom is -0.479 e. The third-order valence-corrected chi connectivity index (χ3v) is 2.86. The van der Waals surface area contributed by atoms with Crippen LogP contribution < -0.4 is 10.1 Å². The second-order valence-corrected chi connectivity index (χ2v) is 4.38. The molecule has 2 rings (SSSR count). The highest BCUT2D eigenvalue weighted by Crippen LogP contribution is 2.17. The lowest BCUT2D eigenvalue weighted by Crippen LogP contribution is -2.13. The molecule has 1 N–H and O–H groups in total. The molecule has 0 spiro atoms. The van der Waals surface area contributed by atoms with E-state index >= 15 is 0 Å². The van der Waals surface area contributed by atoms with Crippen LogP contribution >= 0.6 is 0 Å². The molecule has 1 amide bonds. The first-order chi connectivity index (χ1) is 10.1. The Kier molecular flexibility index (Phi) is 4.52. The standard InChI is InChI=1S/C16H13FN2O2/c1-11-2-3-12(17)10-15(11)16(20)19-13-4-6-14(7-5-13)21-9-8-18/h2-7,10H,9H2,1H3,(H,19,20). The molecule has 0 aliphatic carbocycles. The zero-order valence-electron chi connectivity index (χ0n) is 11.4. The molecule has 2 aromatic rings. The normalized spacial score (nSPS) is 9.76. The van der Waals surface area contributed by atoms with Crippen LogP contribution in [-0.4, -0.2) is 12.5 Å². The van der Waals surface area contributed by atoms with Crippen molar-refractivity contribution >= 4 is 11.6 Å². The van der Waals surface area contributed by atoms with E-state index in [2.05, 4.69) is 5.32 Å². The van der Waals surface area contributed by atoms with E-state index in [9.17, 15) is 9.18 Å². The Morgan fingerprint density at radius 2 is 2.00 bits per heavy atom. The van der Waals surface area contributed by atoms with Crippen LogP contribution in [0.4, 0.5) is 10.1 Å². The minimum absolute atomic E-state index is 0.0335. The first-order valence-corrected chi connectivity index (χ1v) is 6.27. The number of anilines is 1.